The lowest BCUT2D eigenvalue weighted by atomic mass is 9.73. The van der Waals surface area contributed by atoms with Gasteiger partial charge in [-0.1, -0.05) is 36.5 Å². The van der Waals surface area contributed by atoms with Gasteiger partial charge in [0.15, 0.2) is 0 Å². The van der Waals surface area contributed by atoms with E-state index in [1.807, 2.05) is 48.7 Å². The molecule has 4 aliphatic rings. The number of carboxylic acids is 1. The van der Waals surface area contributed by atoms with E-state index in [1.165, 1.54) is 0 Å². The number of allylic oxidation sites excluding steroid dienone is 5. The van der Waals surface area contributed by atoms with E-state index in [2.05, 4.69) is 5.32 Å². The first kappa shape index (κ1) is 13.6. The van der Waals surface area contributed by atoms with Crippen molar-refractivity contribution in [3.05, 3.63) is 71.0 Å². The summed E-state index contributed by atoms with van der Waals surface area (Å²) in [6, 6.07) is -0.102. The molecule has 2 N–H and O–H groups in total. The van der Waals surface area contributed by atoms with Crippen LogP contribution in [0.25, 0.3) is 0 Å². The van der Waals surface area contributed by atoms with Crippen molar-refractivity contribution in [1.29, 1.82) is 0 Å². The van der Waals surface area contributed by atoms with E-state index in [0.29, 0.717) is 12.1 Å². The second-order valence-corrected chi connectivity index (χ2v) is 6.21. The number of aliphatic carboxylic acids is 1. The number of carbonyl (C=O) groups is 1. The van der Waals surface area contributed by atoms with Crippen molar-refractivity contribution >= 4 is 17.7 Å². The smallest absolute Gasteiger partial charge is 0.332 e. The number of hydrogen-bond donors (Lipinski definition) is 2. The molecule has 112 valence electrons. The van der Waals surface area contributed by atoms with Crippen molar-refractivity contribution in [3.8, 4) is 0 Å². The van der Waals surface area contributed by atoms with Crippen LogP contribution in [-0.4, -0.2) is 34.1 Å². The molecule has 22 heavy (non-hydrogen) atoms. The van der Waals surface area contributed by atoms with Crippen LogP contribution in [0.3, 0.4) is 0 Å². The highest BCUT2D eigenvalue weighted by molar-refractivity contribution is 6.14. The molecule has 0 aromatic rings. The minimum Gasteiger partial charge on any atom is -0.478 e. The summed E-state index contributed by atoms with van der Waals surface area (Å²) in [5.74, 6) is -1.02. The van der Waals surface area contributed by atoms with Gasteiger partial charge >= 0.3 is 5.97 Å². The second kappa shape index (κ2) is 5.00. The van der Waals surface area contributed by atoms with Gasteiger partial charge in [0.1, 0.15) is 0 Å². The van der Waals surface area contributed by atoms with E-state index in [-0.39, 0.29) is 18.0 Å². The van der Waals surface area contributed by atoms with Gasteiger partial charge in [-0.05, 0) is 22.8 Å². The second-order valence-electron chi connectivity index (χ2n) is 5.78. The molecule has 0 fully saturated rings. The van der Waals surface area contributed by atoms with Crippen LogP contribution in [-0.2, 0) is 4.79 Å². The summed E-state index contributed by atoms with van der Waals surface area (Å²) in [4.78, 5) is 11.8. The number of carboxylic acid groups (broad SMARTS) is 1. The Labute approximate surface area is 133 Å². The fraction of sp³-hybridized carbons (Fsp3) is 0.235. The average Bonchev–Trinajstić information content (AvgIpc) is 2.52. The number of halogens is 1. The molecule has 4 rings (SSSR count). The molecule has 4 nitrogen and oxygen atoms in total. The fourth-order valence-electron chi connectivity index (χ4n) is 3.61. The third kappa shape index (κ3) is 1.99. The number of rotatable bonds is 1. The van der Waals surface area contributed by atoms with Crippen molar-refractivity contribution < 1.29 is 9.90 Å². The molecule has 0 spiro atoms. The lowest BCUT2D eigenvalue weighted by molar-refractivity contribution is -0.133. The van der Waals surface area contributed by atoms with Gasteiger partial charge in [-0.25, -0.2) is 4.79 Å². The minimum atomic E-state index is -0.848. The largest absolute Gasteiger partial charge is 0.478 e. The average molecular weight is 315 g/mol. The summed E-state index contributed by atoms with van der Waals surface area (Å²) in [6.07, 6.45) is 15.5. The Morgan fingerprint density at radius 1 is 1.27 bits per heavy atom. The van der Waals surface area contributed by atoms with Crippen molar-refractivity contribution in [1.82, 2.24) is 9.74 Å². The van der Waals surface area contributed by atoms with Crippen LogP contribution in [0, 0.1) is 5.92 Å². The molecule has 2 aliphatic carbocycles. The maximum absolute atomic E-state index is 11.8. The Morgan fingerprint density at radius 3 is 2.95 bits per heavy atom. The normalized spacial score (nSPS) is 32.0. The maximum Gasteiger partial charge on any atom is 0.332 e. The van der Waals surface area contributed by atoms with E-state index >= 15 is 0 Å². The Kier molecular flexibility index (Phi) is 3.10. The maximum atomic E-state index is 11.8. The van der Waals surface area contributed by atoms with E-state index in [4.69, 9.17) is 11.8 Å². The Balaban J connectivity index is 1.83. The zero-order valence-electron chi connectivity index (χ0n) is 11.7. The first-order valence-electron chi connectivity index (χ1n) is 7.25. The molecule has 3 unspecified atom stereocenters. The third-order valence-corrected chi connectivity index (χ3v) is 4.82. The number of nitrogens with one attached hydrogen (secondary N) is 1. The molecule has 2 aliphatic heterocycles. The van der Waals surface area contributed by atoms with Crippen LogP contribution in [0.5, 0.6) is 0 Å². The Hall–Kier alpha value is -2.04. The van der Waals surface area contributed by atoms with Crippen LogP contribution >= 0.6 is 11.8 Å². The highest BCUT2D eigenvalue weighted by atomic mass is 35.5. The molecule has 0 aromatic heterocycles. The van der Waals surface area contributed by atoms with E-state index in [0.717, 1.165) is 16.7 Å². The molecular weight excluding hydrogens is 300 g/mol. The molecule has 3 atom stereocenters. The van der Waals surface area contributed by atoms with Gasteiger partial charge in [0.05, 0.1) is 18.2 Å². The predicted molar refractivity (Wildman–Crippen MR) is 85.0 cm³/mol. The minimum absolute atomic E-state index is 0.0396. The Bertz CT molecular complexity index is 727. The van der Waals surface area contributed by atoms with Crippen molar-refractivity contribution in [2.24, 2.45) is 5.92 Å². The summed E-state index contributed by atoms with van der Waals surface area (Å²) in [5.41, 5.74) is 3.59. The zero-order valence-corrected chi connectivity index (χ0v) is 12.5. The van der Waals surface area contributed by atoms with Crippen LogP contribution in [0.4, 0.5) is 0 Å². The summed E-state index contributed by atoms with van der Waals surface area (Å²) in [5, 5.41) is 13.3. The van der Waals surface area contributed by atoms with Gasteiger partial charge in [-0.15, -0.1) is 0 Å². The summed E-state index contributed by atoms with van der Waals surface area (Å²) < 4.78 is 1.60. The van der Waals surface area contributed by atoms with Gasteiger partial charge < -0.3 is 5.11 Å². The monoisotopic (exact) mass is 314 g/mol. The number of hydrogen-bond acceptors (Lipinski definition) is 3. The molecule has 0 radical (unpaired) electrons. The molecule has 2 heterocycles. The SMILES string of the molecule is O=C(O)C1=C2C=CC=CC2NC2C3=C(C=CC12)C=CN(Cl)C3. The molecular formula is C17H15ClN2O2. The topological polar surface area (TPSA) is 52.6 Å². The quantitative estimate of drug-likeness (QED) is 0.729. The molecule has 5 heteroatoms. The van der Waals surface area contributed by atoms with Gasteiger partial charge in [0, 0.05) is 29.9 Å². The summed E-state index contributed by atoms with van der Waals surface area (Å²) in [7, 11) is 0. The van der Waals surface area contributed by atoms with E-state index < -0.39 is 5.97 Å². The van der Waals surface area contributed by atoms with Crippen LogP contribution in [0.1, 0.15) is 0 Å². The number of nitrogens with zero attached hydrogens (tertiary/aromatic N) is 1. The van der Waals surface area contributed by atoms with Crippen molar-refractivity contribution in [2.45, 2.75) is 12.1 Å². The molecule has 0 amide bonds. The standard InChI is InChI=1S/C17H15ClN2O2/c18-20-8-7-10-5-6-12-15(17(21)22)11-3-1-2-4-14(11)19-16(12)13(10)9-20/h1-8,12,14,16,19H,9H2,(H,21,22). The molecule has 0 bridgehead atoms. The highest BCUT2D eigenvalue weighted by Crippen LogP contribution is 2.39. The summed E-state index contributed by atoms with van der Waals surface area (Å²) in [6.45, 7) is 0.598. The summed E-state index contributed by atoms with van der Waals surface area (Å²) >= 11 is 6.11. The van der Waals surface area contributed by atoms with Gasteiger partial charge in [0.25, 0.3) is 0 Å². The zero-order chi connectivity index (χ0) is 15.3. The number of fused-ring (bicyclic) bond motifs is 3. The van der Waals surface area contributed by atoms with Crippen LogP contribution in [0.15, 0.2) is 71.0 Å². The highest BCUT2D eigenvalue weighted by Gasteiger charge is 2.41. The van der Waals surface area contributed by atoms with Crippen LogP contribution < -0.4 is 5.32 Å². The molecule has 0 aromatic carbocycles. The first-order chi connectivity index (χ1) is 10.6. The fourth-order valence-corrected chi connectivity index (χ4v) is 3.80. The molecule has 0 saturated heterocycles. The van der Waals surface area contributed by atoms with Crippen molar-refractivity contribution in [2.75, 3.05) is 6.54 Å². The van der Waals surface area contributed by atoms with Crippen molar-refractivity contribution in [3.63, 3.8) is 0 Å². The van der Waals surface area contributed by atoms with Gasteiger partial charge in [-0.3, -0.25) is 9.74 Å². The Morgan fingerprint density at radius 2 is 2.14 bits per heavy atom. The first-order valence-corrected chi connectivity index (χ1v) is 7.59. The van der Waals surface area contributed by atoms with Gasteiger partial charge in [-0.2, -0.15) is 0 Å². The predicted octanol–water partition coefficient (Wildman–Crippen LogP) is 2.30. The third-order valence-electron chi connectivity index (χ3n) is 4.59. The van der Waals surface area contributed by atoms with E-state index in [1.54, 1.807) is 4.42 Å². The lowest BCUT2D eigenvalue weighted by Crippen LogP contribution is -2.52. The van der Waals surface area contributed by atoms with E-state index in [9.17, 15) is 9.90 Å². The molecule has 0 saturated carbocycles. The van der Waals surface area contributed by atoms with Crippen LogP contribution in [0.2, 0.25) is 0 Å². The van der Waals surface area contributed by atoms with Gasteiger partial charge in [0.2, 0.25) is 0 Å². The lowest BCUT2D eigenvalue weighted by Gasteiger charge is -2.42.